The Bertz CT molecular complexity index is 5240. The summed E-state index contributed by atoms with van der Waals surface area (Å²) >= 11 is 12.3. The lowest BCUT2D eigenvalue weighted by Crippen LogP contribution is -2.36. The highest BCUT2D eigenvalue weighted by Crippen LogP contribution is 2.43. The number of methoxy groups -OCH3 is 9. The monoisotopic (exact) mass is 1680 g/mol. The maximum Gasteiger partial charge on any atom is 0.245 e. The molecule has 40 heteroatoms. The van der Waals surface area contributed by atoms with Gasteiger partial charge in [0.1, 0.15) is 58.7 Å². The smallest absolute Gasteiger partial charge is 0.245 e. The van der Waals surface area contributed by atoms with Crippen LogP contribution >= 0.6 is 23.2 Å². The first kappa shape index (κ1) is 85.3. The molecule has 119 heavy (non-hydrogen) atoms. The predicted octanol–water partition coefficient (Wildman–Crippen LogP) is 8.13. The fraction of sp³-hybridized carbons (Fsp3) is 0.418. The number of carbonyl (C=O) groups excluding carboxylic acids is 1. The third-order valence-corrected chi connectivity index (χ3v) is 20.5. The number of nitrogens with zero attached hydrogens (tertiary/aromatic N) is 18. The van der Waals surface area contributed by atoms with E-state index in [1.807, 2.05) is 73.0 Å². The zero-order chi connectivity index (χ0) is 83.3. The minimum absolute atomic E-state index is 0.00204. The Hall–Kier alpha value is -11.6. The van der Waals surface area contributed by atoms with Gasteiger partial charge in [0, 0.05) is 101 Å². The summed E-state index contributed by atoms with van der Waals surface area (Å²) in [6.07, 6.45) is 15.5. The SMILES string of the molecule is C1COCCN1.COc1cc(-n2cnc(Nc3nc(Cl)nn4c(C=O)ccc34)c2)cc(OC)c1OC.COc1cc(-n2cnc(Nc3nc(Cl)nn4c(CN5CCOCC5)ccc34)c2)cc(OC)c1OC.COc1cc(-n2cnc(Nc3nc(N4CCC[C@H]4CO)nn4c(CN5CCOCC5)ccc34)c2)cc(OC)c1OC.OC[C@@H]1CCCN1. The number of aliphatic hydroxyl groups is 2. The third-order valence-electron chi connectivity index (χ3n) is 20.2. The molecular formula is C79H99Cl2N23O15. The van der Waals surface area contributed by atoms with Crippen LogP contribution in [-0.4, -0.2) is 280 Å². The molecule has 9 aromatic heterocycles. The van der Waals surface area contributed by atoms with Crippen molar-refractivity contribution in [1.82, 2.24) is 92.9 Å². The lowest BCUT2D eigenvalue weighted by Gasteiger charge is -2.26. The van der Waals surface area contributed by atoms with Crippen LogP contribution < -0.4 is 74.1 Å². The maximum atomic E-state index is 11.2. The van der Waals surface area contributed by atoms with E-state index in [2.05, 4.69) is 82.5 Å². The number of rotatable bonds is 26. The highest BCUT2D eigenvalue weighted by molar-refractivity contribution is 6.28. The highest BCUT2D eigenvalue weighted by Gasteiger charge is 2.29. The van der Waals surface area contributed by atoms with E-state index in [1.54, 1.807) is 118 Å². The van der Waals surface area contributed by atoms with Gasteiger partial charge in [-0.3, -0.25) is 14.6 Å². The van der Waals surface area contributed by atoms with E-state index in [1.165, 1.54) is 10.9 Å². The molecule has 0 bridgehead atoms. The molecule has 14 heterocycles. The molecule has 5 aliphatic rings. The summed E-state index contributed by atoms with van der Waals surface area (Å²) in [6.45, 7) is 14.1. The number of aliphatic hydroxyl groups excluding tert-OH is 2. The molecule has 634 valence electrons. The molecule has 0 aliphatic carbocycles. The fourth-order valence-corrected chi connectivity index (χ4v) is 14.4. The summed E-state index contributed by atoms with van der Waals surface area (Å²) in [7, 11) is 14.1. The first-order valence-corrected chi connectivity index (χ1v) is 39.4. The first-order valence-electron chi connectivity index (χ1n) is 38.6. The van der Waals surface area contributed by atoms with Gasteiger partial charge in [-0.2, -0.15) is 15.0 Å². The molecule has 0 radical (unpaired) electrons. The molecule has 12 aromatic rings. The van der Waals surface area contributed by atoms with Crippen molar-refractivity contribution < 1.29 is 71.8 Å². The van der Waals surface area contributed by atoms with Gasteiger partial charge in [0.25, 0.3) is 0 Å². The average molecular weight is 1680 g/mol. The number of morpholine rings is 3. The number of halogens is 2. The van der Waals surface area contributed by atoms with E-state index in [0.717, 1.165) is 164 Å². The standard InChI is InChI=1S/C28H36N8O5.C23H26ClN7O4.C19H17ClN6O4.C5H11NO.C4H9NO/c1-38-23-13-21(14-24(39-2)26(23)40-3)34-16-25(29-18-34)30-27-22-7-6-19(15-33-9-11-41-12-10-33)36(22)32-28(31-27)35-8-4-5-20(35)17-37;1-32-18-10-16(11-19(33-2)21(18)34-3)30-13-20(25-14-30)26-22-17-5-4-15(31(17)28-23(24)27-22)12-29-6-8-35-9-7-29;1-28-14-6-12(7-15(29-2)17(14)30-3)25-8-16(21-10-25)22-18-13-5-4-11(9-27)26(13)24-19(20)23-18;7-4-5-2-1-3-6-5;1-3-6-4-2-5-1/h6-7,13-14,16,18,20,37H,4-5,8-12,15,17H2,1-3H3,(H,30,31,32);4-5,10-11,13-14H,6-9,12H2,1-3H3,(H,26,27,28);4-10H,1-3H3,(H,22,23,24);5-7H,1-4H2;5H,1-4H2/t20-;;;5-;/m0..0./s1. The van der Waals surface area contributed by atoms with E-state index in [4.69, 9.17) is 95.2 Å². The van der Waals surface area contributed by atoms with Gasteiger partial charge in [-0.05, 0) is 91.8 Å². The van der Waals surface area contributed by atoms with Gasteiger partial charge >= 0.3 is 0 Å². The Labute approximate surface area is 696 Å². The Morgan fingerprint density at radius 3 is 1.24 bits per heavy atom. The van der Waals surface area contributed by atoms with Crippen LogP contribution in [0.25, 0.3) is 33.6 Å². The lowest BCUT2D eigenvalue weighted by atomic mass is 10.2. The largest absolute Gasteiger partial charge is 0.493 e. The molecule has 0 spiro atoms. The van der Waals surface area contributed by atoms with Crippen LogP contribution in [0.3, 0.4) is 0 Å². The zero-order valence-electron chi connectivity index (χ0n) is 67.7. The number of hydrogen-bond acceptors (Lipinski definition) is 32. The molecule has 38 nitrogen and oxygen atoms in total. The fourth-order valence-electron chi connectivity index (χ4n) is 14.1. The van der Waals surface area contributed by atoms with Gasteiger partial charge < -0.3 is 112 Å². The van der Waals surface area contributed by atoms with Gasteiger partial charge in [-0.25, -0.2) is 28.5 Å². The number of benzene rings is 3. The van der Waals surface area contributed by atoms with Crippen molar-refractivity contribution in [2.75, 3.05) is 190 Å². The first-order chi connectivity index (χ1) is 58.2. The van der Waals surface area contributed by atoms with Gasteiger partial charge in [0.2, 0.25) is 33.8 Å². The van der Waals surface area contributed by atoms with Gasteiger partial charge in [-0.1, -0.05) is 0 Å². The Morgan fingerprint density at radius 1 is 0.471 bits per heavy atom. The number of anilines is 7. The molecule has 5 saturated heterocycles. The van der Waals surface area contributed by atoms with Crippen molar-refractivity contribution in [3.8, 4) is 68.8 Å². The van der Waals surface area contributed by atoms with Crippen LogP contribution in [0.15, 0.2) is 110 Å². The summed E-state index contributed by atoms with van der Waals surface area (Å²) in [5.41, 5.74) is 7.03. The van der Waals surface area contributed by atoms with Crippen LogP contribution in [0.4, 0.5) is 40.9 Å². The number of ether oxygens (including phenoxy) is 12. The topological polar surface area (TPSA) is 382 Å². The van der Waals surface area contributed by atoms with Crippen molar-refractivity contribution in [1.29, 1.82) is 0 Å². The maximum absolute atomic E-state index is 11.2. The van der Waals surface area contributed by atoms with Crippen molar-refractivity contribution in [2.45, 2.75) is 50.9 Å². The summed E-state index contributed by atoms with van der Waals surface area (Å²) < 4.78 is 75.7. The molecule has 7 N–H and O–H groups in total. The summed E-state index contributed by atoms with van der Waals surface area (Å²) in [4.78, 5) is 44.9. The Morgan fingerprint density at radius 2 is 0.874 bits per heavy atom. The molecule has 5 aliphatic heterocycles. The van der Waals surface area contributed by atoms with Crippen LogP contribution in [0.5, 0.6) is 51.7 Å². The lowest BCUT2D eigenvalue weighted by molar-refractivity contribution is 0.0333. The van der Waals surface area contributed by atoms with E-state index in [9.17, 15) is 9.90 Å². The van der Waals surface area contributed by atoms with E-state index in [-0.39, 0.29) is 23.2 Å². The molecule has 17 rings (SSSR count). The van der Waals surface area contributed by atoms with Crippen molar-refractivity contribution >= 4 is 86.9 Å². The number of carbonyl (C=O) groups is 1. The van der Waals surface area contributed by atoms with Crippen LogP contribution in [0, 0.1) is 0 Å². The van der Waals surface area contributed by atoms with E-state index in [0.29, 0.717) is 123 Å². The van der Waals surface area contributed by atoms with E-state index < -0.39 is 0 Å². The van der Waals surface area contributed by atoms with Crippen LogP contribution in [0.1, 0.15) is 47.6 Å². The zero-order valence-corrected chi connectivity index (χ0v) is 69.2. The second-order valence-electron chi connectivity index (χ2n) is 27.4. The van der Waals surface area contributed by atoms with Gasteiger partial charge in [0.05, 0.1) is 170 Å². The molecule has 0 unspecified atom stereocenters. The number of nitrogens with one attached hydrogen (secondary N) is 5. The van der Waals surface area contributed by atoms with E-state index >= 15 is 0 Å². The molecule has 0 amide bonds. The predicted molar refractivity (Wildman–Crippen MR) is 445 cm³/mol. The second kappa shape index (κ2) is 41.2. The highest BCUT2D eigenvalue weighted by atomic mass is 35.5. The normalized spacial score (nSPS) is 16.1. The molecule has 3 aromatic carbocycles. The molecule has 2 atom stereocenters. The van der Waals surface area contributed by atoms with Gasteiger partial charge in [-0.15, -0.1) is 15.3 Å². The number of hydrogen-bond donors (Lipinski definition) is 7. The Kier molecular flexibility index (Phi) is 29.6. The number of aromatic nitrogens is 15. The minimum atomic E-state index is -0.00615. The summed E-state index contributed by atoms with van der Waals surface area (Å²) in [6, 6.07) is 22.9. The quantitative estimate of drug-likeness (QED) is 0.0251. The van der Waals surface area contributed by atoms with Gasteiger partial charge in [0.15, 0.2) is 58.2 Å². The van der Waals surface area contributed by atoms with Crippen molar-refractivity contribution in [3.63, 3.8) is 0 Å². The number of aldehydes is 1. The summed E-state index contributed by atoms with van der Waals surface area (Å²) in [5.74, 6) is 8.71. The van der Waals surface area contributed by atoms with Crippen LogP contribution in [-0.2, 0) is 27.3 Å². The van der Waals surface area contributed by atoms with Crippen molar-refractivity contribution in [3.05, 3.63) is 138 Å². The number of fused-ring (bicyclic) bond motifs is 3. The molecular weight excluding hydrogens is 1580 g/mol. The molecule has 0 saturated carbocycles. The minimum Gasteiger partial charge on any atom is -0.493 e. The number of imidazole rings is 3. The molecule has 5 fully saturated rings. The van der Waals surface area contributed by atoms with Crippen molar-refractivity contribution in [2.24, 2.45) is 0 Å². The Balaban J connectivity index is 0.000000144. The summed E-state index contributed by atoms with van der Waals surface area (Å²) in [5, 5.41) is 48.1. The third kappa shape index (κ3) is 20.6. The second-order valence-corrected chi connectivity index (χ2v) is 28.1. The average Bonchev–Trinajstić information content (AvgIpc) is 1.65. The van der Waals surface area contributed by atoms with Crippen LogP contribution in [0.2, 0.25) is 10.6 Å².